The zero-order valence-electron chi connectivity index (χ0n) is 11.3. The van der Waals surface area contributed by atoms with Gasteiger partial charge in [-0.25, -0.2) is 4.98 Å². The van der Waals surface area contributed by atoms with Crippen molar-refractivity contribution in [3.05, 3.63) is 33.6 Å². The molecule has 1 rings (SSSR count). The van der Waals surface area contributed by atoms with E-state index in [1.54, 1.807) is 0 Å². The quantitative estimate of drug-likeness (QED) is 0.807. The highest BCUT2D eigenvalue weighted by Gasteiger charge is 2.10. The Morgan fingerprint density at radius 1 is 1.41 bits per heavy atom. The van der Waals surface area contributed by atoms with Gasteiger partial charge < -0.3 is 4.90 Å². The molecule has 0 aliphatic rings. The summed E-state index contributed by atoms with van der Waals surface area (Å²) in [7, 11) is 0. The molecular weight excluding hydrogens is 276 g/mol. The van der Waals surface area contributed by atoms with E-state index in [2.05, 4.69) is 65.7 Å². The molecule has 0 saturated carbocycles. The molecule has 94 valence electrons. The topological polar surface area (TPSA) is 16.1 Å². The second kappa shape index (κ2) is 6.20. The Hall–Kier alpha value is -0.830. The predicted molar refractivity (Wildman–Crippen MR) is 78.5 cm³/mol. The maximum absolute atomic E-state index is 4.65. The minimum atomic E-state index is 0.940. The van der Waals surface area contributed by atoms with Crippen LogP contribution in [0.25, 0.3) is 0 Å². The summed E-state index contributed by atoms with van der Waals surface area (Å²) in [5.74, 6) is 1.04. The van der Waals surface area contributed by atoms with Crippen LogP contribution in [0.1, 0.15) is 38.4 Å². The number of hydrogen-bond acceptors (Lipinski definition) is 2. The van der Waals surface area contributed by atoms with Crippen molar-refractivity contribution in [2.45, 2.75) is 41.0 Å². The molecule has 0 unspecified atom stereocenters. The van der Waals surface area contributed by atoms with Crippen LogP contribution in [-0.4, -0.2) is 11.5 Å². The van der Waals surface area contributed by atoms with Crippen LogP contribution in [-0.2, 0) is 0 Å². The fraction of sp³-hybridized carbons (Fsp3) is 0.500. The fourth-order valence-electron chi connectivity index (χ4n) is 1.93. The number of rotatable bonds is 4. The van der Waals surface area contributed by atoms with Gasteiger partial charge in [-0.2, -0.15) is 0 Å². The zero-order chi connectivity index (χ0) is 13.0. The Morgan fingerprint density at radius 3 is 2.53 bits per heavy atom. The lowest BCUT2D eigenvalue weighted by molar-refractivity contribution is 0.906. The predicted octanol–water partition coefficient (Wildman–Crippen LogP) is 4.60. The lowest BCUT2D eigenvalue weighted by Crippen LogP contribution is -2.22. The van der Waals surface area contributed by atoms with Gasteiger partial charge in [0.05, 0.1) is 5.69 Å². The number of allylic oxidation sites excluding steroid dienone is 2. The van der Waals surface area contributed by atoms with Crippen LogP contribution < -0.4 is 4.90 Å². The van der Waals surface area contributed by atoms with E-state index >= 15 is 0 Å². The SMILES string of the molecule is CC/C=C(/C)N(CC)c1cc(C)c(Br)c(C)n1. The Morgan fingerprint density at radius 2 is 2.06 bits per heavy atom. The highest BCUT2D eigenvalue weighted by atomic mass is 79.9. The normalized spacial score (nSPS) is 11.8. The summed E-state index contributed by atoms with van der Waals surface area (Å²) in [6.07, 6.45) is 3.29. The van der Waals surface area contributed by atoms with Gasteiger partial charge in [0.15, 0.2) is 0 Å². The summed E-state index contributed by atoms with van der Waals surface area (Å²) in [5.41, 5.74) is 3.54. The van der Waals surface area contributed by atoms with E-state index in [1.165, 1.54) is 11.3 Å². The molecule has 3 heteroatoms. The molecule has 0 amide bonds. The van der Waals surface area contributed by atoms with E-state index in [1.807, 2.05) is 6.92 Å². The summed E-state index contributed by atoms with van der Waals surface area (Å²) >= 11 is 3.56. The van der Waals surface area contributed by atoms with Crippen LogP contribution >= 0.6 is 15.9 Å². The van der Waals surface area contributed by atoms with Crippen molar-refractivity contribution in [3.63, 3.8) is 0 Å². The molecule has 0 aliphatic heterocycles. The average molecular weight is 297 g/mol. The molecule has 0 atom stereocenters. The first kappa shape index (κ1) is 14.2. The van der Waals surface area contributed by atoms with E-state index in [0.717, 1.165) is 29.0 Å². The van der Waals surface area contributed by atoms with Gasteiger partial charge in [-0.05, 0) is 61.7 Å². The molecule has 1 aromatic heterocycles. The van der Waals surface area contributed by atoms with Crippen molar-refractivity contribution < 1.29 is 0 Å². The second-order valence-corrected chi connectivity index (χ2v) is 4.99. The molecule has 0 N–H and O–H groups in total. The van der Waals surface area contributed by atoms with Crippen LogP contribution in [0.3, 0.4) is 0 Å². The van der Waals surface area contributed by atoms with Crippen LogP contribution in [0.2, 0.25) is 0 Å². The van der Waals surface area contributed by atoms with Crippen LogP contribution in [0.5, 0.6) is 0 Å². The van der Waals surface area contributed by atoms with Gasteiger partial charge >= 0.3 is 0 Å². The number of nitrogens with zero attached hydrogens (tertiary/aromatic N) is 2. The zero-order valence-corrected chi connectivity index (χ0v) is 12.9. The third-order valence-corrected chi connectivity index (χ3v) is 4.01. The number of hydrogen-bond donors (Lipinski definition) is 0. The largest absolute Gasteiger partial charge is 0.331 e. The lowest BCUT2D eigenvalue weighted by Gasteiger charge is -2.24. The van der Waals surface area contributed by atoms with E-state index in [4.69, 9.17) is 0 Å². The molecule has 0 bridgehead atoms. The molecule has 0 aromatic carbocycles. The third-order valence-electron chi connectivity index (χ3n) is 2.81. The summed E-state index contributed by atoms with van der Waals surface area (Å²) < 4.78 is 1.11. The minimum Gasteiger partial charge on any atom is -0.331 e. The highest BCUT2D eigenvalue weighted by molar-refractivity contribution is 9.10. The van der Waals surface area contributed by atoms with Gasteiger partial charge in [0.25, 0.3) is 0 Å². The first-order chi connectivity index (χ1) is 8.01. The molecule has 2 nitrogen and oxygen atoms in total. The van der Waals surface area contributed by atoms with E-state index in [0.29, 0.717) is 0 Å². The van der Waals surface area contributed by atoms with Crippen LogP contribution in [0.15, 0.2) is 22.3 Å². The first-order valence-corrected chi connectivity index (χ1v) is 6.88. The van der Waals surface area contributed by atoms with Crippen LogP contribution in [0.4, 0.5) is 5.82 Å². The van der Waals surface area contributed by atoms with Crippen molar-refractivity contribution in [1.29, 1.82) is 0 Å². The van der Waals surface area contributed by atoms with Crippen LogP contribution in [0, 0.1) is 13.8 Å². The summed E-state index contributed by atoms with van der Waals surface area (Å²) in [5, 5.41) is 0. The van der Waals surface area contributed by atoms with Gasteiger partial charge in [-0.3, -0.25) is 0 Å². The monoisotopic (exact) mass is 296 g/mol. The maximum atomic E-state index is 4.65. The van der Waals surface area contributed by atoms with Crippen molar-refractivity contribution in [2.24, 2.45) is 0 Å². The van der Waals surface area contributed by atoms with Crippen molar-refractivity contribution in [3.8, 4) is 0 Å². The molecule has 0 aliphatic carbocycles. The fourth-order valence-corrected chi connectivity index (χ4v) is 2.13. The Labute approximate surface area is 113 Å². The van der Waals surface area contributed by atoms with Gasteiger partial charge in [0.1, 0.15) is 5.82 Å². The number of aryl methyl sites for hydroxylation is 2. The maximum Gasteiger partial charge on any atom is 0.133 e. The third kappa shape index (κ3) is 3.32. The average Bonchev–Trinajstić information content (AvgIpc) is 2.27. The highest BCUT2D eigenvalue weighted by Crippen LogP contribution is 2.25. The molecule has 1 aromatic rings. The van der Waals surface area contributed by atoms with Gasteiger partial charge in [0, 0.05) is 16.7 Å². The second-order valence-electron chi connectivity index (χ2n) is 4.19. The molecule has 0 spiro atoms. The molecule has 0 saturated heterocycles. The molecule has 17 heavy (non-hydrogen) atoms. The van der Waals surface area contributed by atoms with Gasteiger partial charge in [-0.15, -0.1) is 0 Å². The lowest BCUT2D eigenvalue weighted by atomic mass is 10.2. The molecule has 0 fully saturated rings. The summed E-state index contributed by atoms with van der Waals surface area (Å²) in [6.45, 7) is 11.5. The Balaban J connectivity index is 3.17. The number of anilines is 1. The smallest absolute Gasteiger partial charge is 0.133 e. The minimum absolute atomic E-state index is 0.940. The van der Waals surface area contributed by atoms with Gasteiger partial charge in [-0.1, -0.05) is 13.0 Å². The summed E-state index contributed by atoms with van der Waals surface area (Å²) in [6, 6.07) is 2.13. The van der Waals surface area contributed by atoms with E-state index < -0.39 is 0 Å². The van der Waals surface area contributed by atoms with Crippen molar-refractivity contribution >= 4 is 21.7 Å². The standard InChI is InChI=1S/C14H21BrN2/c1-6-8-11(4)17(7-2)13-9-10(3)14(15)12(5)16-13/h8-9H,6-7H2,1-5H3/b11-8-. The molecular formula is C14H21BrN2. The van der Waals surface area contributed by atoms with Gasteiger partial charge in [0.2, 0.25) is 0 Å². The van der Waals surface area contributed by atoms with E-state index in [9.17, 15) is 0 Å². The Bertz CT molecular complexity index is 401. The van der Waals surface area contributed by atoms with Crippen molar-refractivity contribution in [2.75, 3.05) is 11.4 Å². The molecule has 0 radical (unpaired) electrons. The Kier molecular flexibility index (Phi) is 5.19. The summed E-state index contributed by atoms with van der Waals surface area (Å²) in [4.78, 5) is 6.89. The number of halogens is 1. The number of aromatic nitrogens is 1. The first-order valence-electron chi connectivity index (χ1n) is 6.09. The van der Waals surface area contributed by atoms with Crippen molar-refractivity contribution in [1.82, 2.24) is 4.98 Å². The van der Waals surface area contributed by atoms with E-state index in [-0.39, 0.29) is 0 Å². The molecule has 1 heterocycles. The number of pyridine rings is 1.